The second kappa shape index (κ2) is 7.15. The van der Waals surface area contributed by atoms with Crippen LogP contribution in [-0.2, 0) is 0 Å². The van der Waals surface area contributed by atoms with Gasteiger partial charge in [-0.05, 0) is 52.6 Å². The SMILES string of the molecule is c1ccc2c(c1)sc1ccc3c(c4cccc5c6ccccc6c6cccc7sc8cccc(c8c76)n3c54)c12. The smallest absolute Gasteiger partial charge is 0.0620 e. The highest BCUT2D eigenvalue weighted by molar-refractivity contribution is 7.26. The van der Waals surface area contributed by atoms with Crippen molar-refractivity contribution in [1.29, 1.82) is 0 Å². The highest BCUT2D eigenvalue weighted by Crippen LogP contribution is 2.47. The number of aromatic nitrogens is 1. The highest BCUT2D eigenvalue weighted by atomic mass is 32.1. The van der Waals surface area contributed by atoms with Gasteiger partial charge in [-0.25, -0.2) is 0 Å². The molecule has 0 saturated heterocycles. The van der Waals surface area contributed by atoms with E-state index in [1.807, 2.05) is 22.7 Å². The Balaban J connectivity index is 1.67. The highest BCUT2D eigenvalue weighted by Gasteiger charge is 2.20. The first kappa shape index (κ1) is 20.5. The molecule has 10 rings (SSSR count). The summed E-state index contributed by atoms with van der Waals surface area (Å²) in [5.74, 6) is 0. The molecule has 0 aliphatic heterocycles. The van der Waals surface area contributed by atoms with Crippen LogP contribution in [0.3, 0.4) is 0 Å². The van der Waals surface area contributed by atoms with E-state index in [-0.39, 0.29) is 0 Å². The Hall–Kier alpha value is -4.44. The van der Waals surface area contributed by atoms with Crippen LogP contribution in [-0.4, -0.2) is 4.40 Å². The van der Waals surface area contributed by atoms with Crippen LogP contribution in [0, 0.1) is 0 Å². The van der Waals surface area contributed by atoms with Gasteiger partial charge in [0.25, 0.3) is 0 Å². The van der Waals surface area contributed by atoms with E-state index in [0.717, 1.165) is 0 Å². The lowest BCUT2D eigenvalue weighted by Crippen LogP contribution is -1.86. The Labute approximate surface area is 230 Å². The molecular formula is C36H19NS2. The Bertz CT molecular complexity index is 2660. The molecule has 0 N–H and O–H groups in total. The summed E-state index contributed by atoms with van der Waals surface area (Å²) in [6.07, 6.45) is 0. The molecule has 0 bridgehead atoms. The molecule has 6 aromatic carbocycles. The second-order valence-corrected chi connectivity index (χ2v) is 12.6. The largest absolute Gasteiger partial charge is 0.308 e. The summed E-state index contributed by atoms with van der Waals surface area (Å²) < 4.78 is 7.94. The molecule has 0 fully saturated rings. The molecule has 39 heavy (non-hydrogen) atoms. The van der Waals surface area contributed by atoms with Crippen LogP contribution in [0.15, 0.2) is 115 Å². The molecule has 4 heterocycles. The van der Waals surface area contributed by atoms with E-state index in [4.69, 9.17) is 0 Å². The van der Waals surface area contributed by atoms with Crippen molar-refractivity contribution in [3.8, 4) is 0 Å². The number of para-hydroxylation sites is 1. The van der Waals surface area contributed by atoms with Gasteiger partial charge >= 0.3 is 0 Å². The van der Waals surface area contributed by atoms with Crippen LogP contribution in [0.2, 0.25) is 0 Å². The topological polar surface area (TPSA) is 4.41 Å². The molecule has 4 aromatic heterocycles. The summed E-state index contributed by atoms with van der Waals surface area (Å²) in [6, 6.07) is 43.1. The fourth-order valence-electron chi connectivity index (χ4n) is 7.05. The molecule has 0 unspecified atom stereocenters. The van der Waals surface area contributed by atoms with E-state index in [1.54, 1.807) is 0 Å². The van der Waals surface area contributed by atoms with E-state index < -0.39 is 0 Å². The van der Waals surface area contributed by atoms with Gasteiger partial charge in [0.05, 0.1) is 16.6 Å². The average Bonchev–Trinajstić information content (AvgIpc) is 3.66. The average molecular weight is 530 g/mol. The summed E-state index contributed by atoms with van der Waals surface area (Å²) in [4.78, 5) is 0. The number of thiophene rings is 2. The van der Waals surface area contributed by atoms with Crippen LogP contribution < -0.4 is 0 Å². The van der Waals surface area contributed by atoms with Crippen molar-refractivity contribution < 1.29 is 0 Å². The molecule has 0 spiro atoms. The van der Waals surface area contributed by atoms with Crippen LogP contribution in [0.4, 0.5) is 0 Å². The Morgan fingerprint density at radius 2 is 0.872 bits per heavy atom. The zero-order valence-electron chi connectivity index (χ0n) is 20.7. The first-order chi connectivity index (χ1) is 19.4. The first-order valence-corrected chi connectivity index (χ1v) is 14.9. The molecule has 0 radical (unpaired) electrons. The van der Waals surface area contributed by atoms with Crippen LogP contribution >= 0.6 is 22.7 Å². The fraction of sp³-hybridized carbons (Fsp3) is 0. The third-order valence-electron chi connectivity index (χ3n) is 8.54. The first-order valence-electron chi connectivity index (χ1n) is 13.3. The summed E-state index contributed by atoms with van der Waals surface area (Å²) in [5.41, 5.74) is 3.84. The molecule has 0 atom stereocenters. The predicted octanol–water partition coefficient (Wildman–Crippen LogP) is 11.3. The van der Waals surface area contributed by atoms with Crippen molar-refractivity contribution in [2.24, 2.45) is 0 Å². The number of nitrogens with zero attached hydrogens (tertiary/aromatic N) is 1. The van der Waals surface area contributed by atoms with Crippen molar-refractivity contribution in [3.05, 3.63) is 115 Å². The predicted molar refractivity (Wildman–Crippen MR) is 173 cm³/mol. The Morgan fingerprint density at radius 1 is 0.333 bits per heavy atom. The van der Waals surface area contributed by atoms with Crippen molar-refractivity contribution in [2.45, 2.75) is 0 Å². The van der Waals surface area contributed by atoms with E-state index in [2.05, 4.69) is 120 Å². The van der Waals surface area contributed by atoms with Gasteiger partial charge in [-0.1, -0.05) is 78.9 Å². The number of hydrogen-bond acceptors (Lipinski definition) is 2. The number of benzene rings is 6. The van der Waals surface area contributed by atoms with Gasteiger partial charge in [0.15, 0.2) is 0 Å². The van der Waals surface area contributed by atoms with E-state index in [9.17, 15) is 0 Å². The maximum atomic E-state index is 2.57. The lowest BCUT2D eigenvalue weighted by molar-refractivity contribution is 1.36. The Morgan fingerprint density at radius 3 is 1.77 bits per heavy atom. The number of fused-ring (bicyclic) bond motifs is 11. The third-order valence-corrected chi connectivity index (χ3v) is 10.8. The van der Waals surface area contributed by atoms with Crippen LogP contribution in [0.25, 0.3) is 89.2 Å². The van der Waals surface area contributed by atoms with Gasteiger partial charge in [0, 0.05) is 56.5 Å². The maximum absolute atomic E-state index is 2.57. The number of hydrogen-bond donors (Lipinski definition) is 0. The summed E-state index contributed by atoms with van der Waals surface area (Å²) in [5, 5.41) is 13.3. The molecule has 0 saturated carbocycles. The van der Waals surface area contributed by atoms with Crippen LogP contribution in [0.1, 0.15) is 0 Å². The molecule has 0 amide bonds. The normalized spacial score (nSPS) is 12.6. The van der Waals surface area contributed by atoms with Gasteiger partial charge in [-0.3, -0.25) is 0 Å². The van der Waals surface area contributed by atoms with E-state index >= 15 is 0 Å². The molecule has 0 aliphatic carbocycles. The minimum atomic E-state index is 1.27. The lowest BCUT2D eigenvalue weighted by atomic mass is 10.00. The molecule has 3 heteroatoms. The maximum Gasteiger partial charge on any atom is 0.0620 e. The second-order valence-electron chi connectivity index (χ2n) is 10.4. The number of rotatable bonds is 0. The summed E-state index contributed by atoms with van der Waals surface area (Å²) in [7, 11) is 0. The van der Waals surface area contributed by atoms with Crippen molar-refractivity contribution >= 4 is 112 Å². The quantitative estimate of drug-likeness (QED) is 0.184. The van der Waals surface area contributed by atoms with Gasteiger partial charge in [0.2, 0.25) is 0 Å². The monoisotopic (exact) mass is 529 g/mol. The minimum absolute atomic E-state index is 1.27. The lowest BCUT2D eigenvalue weighted by Gasteiger charge is -2.04. The molecule has 10 aromatic rings. The summed E-state index contributed by atoms with van der Waals surface area (Å²) in [6.45, 7) is 0. The summed E-state index contributed by atoms with van der Waals surface area (Å²) >= 11 is 3.80. The fourth-order valence-corrected chi connectivity index (χ4v) is 9.32. The van der Waals surface area contributed by atoms with Crippen molar-refractivity contribution in [1.82, 2.24) is 4.40 Å². The van der Waals surface area contributed by atoms with Gasteiger partial charge in [-0.15, -0.1) is 22.7 Å². The zero-order chi connectivity index (χ0) is 25.2. The molecule has 1 nitrogen and oxygen atoms in total. The van der Waals surface area contributed by atoms with Gasteiger partial charge in [-0.2, -0.15) is 0 Å². The molecule has 0 aliphatic rings. The van der Waals surface area contributed by atoms with E-state index in [0.29, 0.717) is 0 Å². The zero-order valence-corrected chi connectivity index (χ0v) is 22.4. The van der Waals surface area contributed by atoms with Crippen molar-refractivity contribution in [2.75, 3.05) is 0 Å². The van der Waals surface area contributed by atoms with Gasteiger partial charge < -0.3 is 4.40 Å². The third kappa shape index (κ3) is 2.46. The molecule has 180 valence electrons. The van der Waals surface area contributed by atoms with Gasteiger partial charge in [0.1, 0.15) is 0 Å². The minimum Gasteiger partial charge on any atom is -0.308 e. The standard InChI is InChI=1S/C36H19NS2/c1-2-9-21-20(8-1)22-11-6-16-29-33(22)35-26(14-7-17-30(35)39-29)37-27-18-19-31-34(24-10-3-4-15-28(24)38-31)32(27)25-13-5-12-23(21)36(25)37/h1-19H. The van der Waals surface area contributed by atoms with E-state index in [1.165, 1.54) is 89.2 Å². The van der Waals surface area contributed by atoms with Crippen LogP contribution in [0.5, 0.6) is 0 Å². The van der Waals surface area contributed by atoms with Crippen molar-refractivity contribution in [3.63, 3.8) is 0 Å². The molecular weight excluding hydrogens is 511 g/mol. The Kier molecular flexibility index (Phi) is 3.76.